The summed E-state index contributed by atoms with van der Waals surface area (Å²) in [4.78, 5) is 4.86. The number of nitrogens with zero attached hydrogens (tertiary/aromatic N) is 1. The fourth-order valence-electron chi connectivity index (χ4n) is 3.09. The largest absolute Gasteiger partial charge is 0.490 e. The first-order valence-corrected chi connectivity index (χ1v) is 8.53. The van der Waals surface area contributed by atoms with Crippen LogP contribution in [0.25, 0.3) is 10.9 Å². The molecular formula is C18H22ClNO2. The Bertz CT molecular complexity index is 685. The van der Waals surface area contributed by atoms with Gasteiger partial charge >= 0.3 is 0 Å². The van der Waals surface area contributed by atoms with Crippen LogP contribution in [0.15, 0.2) is 12.1 Å². The number of rotatable bonds is 4. The molecule has 1 aliphatic rings. The molecule has 3 nitrogen and oxygen atoms in total. The molecule has 0 N–H and O–H groups in total. The third kappa shape index (κ3) is 2.87. The lowest BCUT2D eigenvalue weighted by Gasteiger charge is -2.15. The van der Waals surface area contributed by atoms with Gasteiger partial charge in [-0.3, -0.25) is 4.98 Å². The van der Waals surface area contributed by atoms with Gasteiger partial charge in [-0.1, -0.05) is 18.0 Å². The Labute approximate surface area is 136 Å². The van der Waals surface area contributed by atoms with E-state index in [2.05, 4.69) is 0 Å². The van der Waals surface area contributed by atoms with E-state index in [9.17, 15) is 0 Å². The second-order valence-corrected chi connectivity index (χ2v) is 5.97. The maximum atomic E-state index is 6.70. The lowest BCUT2D eigenvalue weighted by atomic mass is 10.0. The molecule has 1 aromatic heterocycles. The molecule has 0 radical (unpaired) electrons. The van der Waals surface area contributed by atoms with E-state index >= 15 is 0 Å². The van der Waals surface area contributed by atoms with Crippen molar-refractivity contribution in [1.82, 2.24) is 4.98 Å². The molecule has 0 atom stereocenters. The normalized spacial score (nSPS) is 14.5. The molecule has 1 heterocycles. The molecular weight excluding hydrogens is 298 g/mol. The van der Waals surface area contributed by atoms with Crippen LogP contribution in [0.4, 0.5) is 0 Å². The van der Waals surface area contributed by atoms with Crippen molar-refractivity contribution < 1.29 is 9.47 Å². The van der Waals surface area contributed by atoms with Crippen molar-refractivity contribution in [3.8, 4) is 11.5 Å². The summed E-state index contributed by atoms with van der Waals surface area (Å²) in [6, 6.07) is 3.94. The maximum absolute atomic E-state index is 6.70. The number of ether oxygens (including phenoxy) is 2. The van der Waals surface area contributed by atoms with Crippen molar-refractivity contribution in [2.24, 2.45) is 0 Å². The van der Waals surface area contributed by atoms with Crippen LogP contribution in [0.2, 0.25) is 5.02 Å². The average Bonchev–Trinajstić information content (AvgIpc) is 2.75. The van der Waals surface area contributed by atoms with Crippen LogP contribution in [-0.4, -0.2) is 18.2 Å². The minimum atomic E-state index is 0.599. The van der Waals surface area contributed by atoms with Crippen LogP contribution in [-0.2, 0) is 12.8 Å². The van der Waals surface area contributed by atoms with Crippen molar-refractivity contribution in [3.05, 3.63) is 28.4 Å². The van der Waals surface area contributed by atoms with E-state index in [4.69, 9.17) is 26.1 Å². The highest BCUT2D eigenvalue weighted by Crippen LogP contribution is 2.38. The zero-order chi connectivity index (χ0) is 15.5. The van der Waals surface area contributed by atoms with Crippen molar-refractivity contribution in [1.29, 1.82) is 0 Å². The summed E-state index contributed by atoms with van der Waals surface area (Å²) in [5, 5.41) is 1.81. The zero-order valence-corrected chi connectivity index (χ0v) is 14.0. The number of fused-ring (bicyclic) bond motifs is 2. The van der Waals surface area contributed by atoms with Crippen molar-refractivity contribution >= 4 is 22.5 Å². The highest BCUT2D eigenvalue weighted by atomic mass is 35.5. The summed E-state index contributed by atoms with van der Waals surface area (Å²) in [6.45, 7) is 5.14. The van der Waals surface area contributed by atoms with Gasteiger partial charge in [0.15, 0.2) is 11.5 Å². The molecule has 0 saturated heterocycles. The first kappa shape index (κ1) is 15.4. The second-order valence-electron chi connectivity index (χ2n) is 5.59. The second kappa shape index (κ2) is 6.74. The molecule has 0 saturated carbocycles. The molecule has 0 amide bonds. The molecule has 2 aromatic rings. The number of hydrogen-bond donors (Lipinski definition) is 0. The Balaban J connectivity index is 2.19. The van der Waals surface area contributed by atoms with Gasteiger partial charge in [0.2, 0.25) is 0 Å². The summed E-state index contributed by atoms with van der Waals surface area (Å²) in [6.07, 6.45) is 5.67. The minimum absolute atomic E-state index is 0.599. The topological polar surface area (TPSA) is 31.4 Å². The van der Waals surface area contributed by atoms with Crippen LogP contribution in [0.5, 0.6) is 11.5 Å². The number of halogens is 1. The van der Waals surface area contributed by atoms with E-state index in [-0.39, 0.29) is 0 Å². The monoisotopic (exact) mass is 319 g/mol. The van der Waals surface area contributed by atoms with Gasteiger partial charge in [-0.25, -0.2) is 0 Å². The number of aromatic nitrogens is 1. The minimum Gasteiger partial charge on any atom is -0.490 e. The van der Waals surface area contributed by atoms with Gasteiger partial charge in [0.25, 0.3) is 0 Å². The number of aryl methyl sites for hydroxylation is 1. The van der Waals surface area contributed by atoms with Gasteiger partial charge in [-0.2, -0.15) is 0 Å². The standard InChI is InChI=1S/C18H22ClNO2/c1-3-21-16-10-13-15(11-17(16)22-4-2)20-14-9-7-5-6-8-12(14)18(13)19/h10-11H,3-9H2,1-2H3. The molecule has 0 spiro atoms. The third-order valence-electron chi connectivity index (χ3n) is 4.11. The highest BCUT2D eigenvalue weighted by Gasteiger charge is 2.18. The Morgan fingerprint density at radius 2 is 1.68 bits per heavy atom. The lowest BCUT2D eigenvalue weighted by Crippen LogP contribution is -2.02. The summed E-state index contributed by atoms with van der Waals surface area (Å²) < 4.78 is 11.4. The van der Waals surface area contributed by atoms with Gasteiger partial charge < -0.3 is 9.47 Å². The smallest absolute Gasteiger partial charge is 0.163 e. The lowest BCUT2D eigenvalue weighted by molar-refractivity contribution is 0.288. The van der Waals surface area contributed by atoms with E-state index in [0.717, 1.165) is 46.0 Å². The molecule has 3 rings (SSSR count). The fourth-order valence-corrected chi connectivity index (χ4v) is 3.44. The third-order valence-corrected chi connectivity index (χ3v) is 4.54. The van der Waals surface area contributed by atoms with E-state index in [1.165, 1.54) is 24.8 Å². The van der Waals surface area contributed by atoms with Gasteiger partial charge in [0, 0.05) is 17.1 Å². The Morgan fingerprint density at radius 1 is 1.00 bits per heavy atom. The van der Waals surface area contributed by atoms with E-state index in [0.29, 0.717) is 13.2 Å². The van der Waals surface area contributed by atoms with E-state index in [1.807, 2.05) is 26.0 Å². The van der Waals surface area contributed by atoms with Crippen LogP contribution < -0.4 is 9.47 Å². The first-order chi connectivity index (χ1) is 10.7. The fraction of sp³-hybridized carbons (Fsp3) is 0.500. The van der Waals surface area contributed by atoms with Gasteiger partial charge in [0.05, 0.1) is 23.8 Å². The zero-order valence-electron chi connectivity index (χ0n) is 13.2. The van der Waals surface area contributed by atoms with Crippen LogP contribution in [0, 0.1) is 0 Å². The summed E-state index contributed by atoms with van der Waals surface area (Å²) in [5.74, 6) is 1.49. The number of hydrogen-bond acceptors (Lipinski definition) is 3. The molecule has 0 bridgehead atoms. The molecule has 1 aliphatic carbocycles. The predicted molar refractivity (Wildman–Crippen MR) is 90.4 cm³/mol. The molecule has 1 aromatic carbocycles. The van der Waals surface area contributed by atoms with Gasteiger partial charge in [-0.15, -0.1) is 0 Å². The van der Waals surface area contributed by atoms with Crippen molar-refractivity contribution in [2.45, 2.75) is 46.0 Å². The molecule has 0 fully saturated rings. The maximum Gasteiger partial charge on any atom is 0.163 e. The summed E-state index contributed by atoms with van der Waals surface area (Å²) in [5.41, 5.74) is 3.28. The molecule has 4 heteroatoms. The molecule has 0 unspecified atom stereocenters. The Morgan fingerprint density at radius 3 is 2.41 bits per heavy atom. The van der Waals surface area contributed by atoms with Crippen molar-refractivity contribution in [3.63, 3.8) is 0 Å². The van der Waals surface area contributed by atoms with Gasteiger partial charge in [-0.05, 0) is 51.2 Å². The summed E-state index contributed by atoms with van der Waals surface area (Å²) in [7, 11) is 0. The molecule has 118 valence electrons. The van der Waals surface area contributed by atoms with Crippen LogP contribution in [0.3, 0.4) is 0 Å². The van der Waals surface area contributed by atoms with Crippen LogP contribution in [0.1, 0.15) is 44.4 Å². The van der Waals surface area contributed by atoms with Crippen molar-refractivity contribution in [2.75, 3.05) is 13.2 Å². The average molecular weight is 320 g/mol. The summed E-state index contributed by atoms with van der Waals surface area (Å²) >= 11 is 6.70. The highest BCUT2D eigenvalue weighted by molar-refractivity contribution is 6.36. The van der Waals surface area contributed by atoms with Crippen LogP contribution >= 0.6 is 11.6 Å². The molecule has 0 aliphatic heterocycles. The van der Waals surface area contributed by atoms with E-state index in [1.54, 1.807) is 0 Å². The Hall–Kier alpha value is -1.48. The predicted octanol–water partition coefficient (Wildman–Crippen LogP) is 4.95. The first-order valence-electron chi connectivity index (χ1n) is 8.15. The molecule has 22 heavy (non-hydrogen) atoms. The number of pyridine rings is 1. The number of benzene rings is 1. The SMILES string of the molecule is CCOc1cc2nc3c(c(Cl)c2cc1OCC)CCCCC3. The van der Waals surface area contributed by atoms with Gasteiger partial charge in [0.1, 0.15) is 0 Å². The quantitative estimate of drug-likeness (QED) is 0.747. The van der Waals surface area contributed by atoms with E-state index < -0.39 is 0 Å². The Kier molecular flexibility index (Phi) is 4.72.